The number of nitrogens with two attached hydrogens (primary N) is 1. The minimum absolute atomic E-state index is 0.188. The Kier molecular flexibility index (Phi) is 3.33. The van der Waals surface area contributed by atoms with Crippen LogP contribution in [-0.2, 0) is 4.79 Å². The van der Waals surface area contributed by atoms with Crippen molar-refractivity contribution in [2.75, 3.05) is 11.4 Å². The van der Waals surface area contributed by atoms with Gasteiger partial charge in [0.25, 0.3) is 0 Å². The molecule has 1 unspecified atom stereocenters. The average molecular weight is 234 g/mol. The van der Waals surface area contributed by atoms with Gasteiger partial charge < -0.3 is 15.7 Å². The first-order valence-electron chi connectivity index (χ1n) is 5.93. The molecule has 3 N–H and O–H groups in total. The van der Waals surface area contributed by atoms with Crippen LogP contribution in [0.1, 0.15) is 31.4 Å². The predicted octanol–water partition coefficient (Wildman–Crippen LogP) is 1.19. The molecule has 4 nitrogen and oxygen atoms in total. The molecule has 0 bridgehead atoms. The molecular weight excluding hydrogens is 216 g/mol. The van der Waals surface area contributed by atoms with Crippen LogP contribution in [0.3, 0.4) is 0 Å². The van der Waals surface area contributed by atoms with Gasteiger partial charge in [-0.05, 0) is 37.5 Å². The van der Waals surface area contributed by atoms with Gasteiger partial charge in [0.1, 0.15) is 6.04 Å². The van der Waals surface area contributed by atoms with Gasteiger partial charge in [-0.15, -0.1) is 0 Å². The van der Waals surface area contributed by atoms with Gasteiger partial charge in [0.2, 0.25) is 5.91 Å². The van der Waals surface area contributed by atoms with Crippen LogP contribution in [-0.4, -0.2) is 23.6 Å². The third kappa shape index (κ3) is 2.42. The first kappa shape index (κ1) is 11.9. The maximum absolute atomic E-state index is 11.3. The minimum atomic E-state index is -0.463. The van der Waals surface area contributed by atoms with E-state index in [4.69, 9.17) is 5.73 Å². The first-order valence-corrected chi connectivity index (χ1v) is 5.93. The third-order valence-electron chi connectivity index (χ3n) is 3.29. The largest absolute Gasteiger partial charge is 0.389 e. The highest BCUT2D eigenvalue weighted by Gasteiger charge is 2.28. The van der Waals surface area contributed by atoms with Crippen LogP contribution < -0.4 is 10.6 Å². The van der Waals surface area contributed by atoms with E-state index < -0.39 is 6.10 Å². The molecule has 2 rings (SSSR count). The van der Waals surface area contributed by atoms with Gasteiger partial charge in [-0.25, -0.2) is 0 Å². The summed E-state index contributed by atoms with van der Waals surface area (Å²) in [6.07, 6.45) is 1.36. The zero-order valence-electron chi connectivity index (χ0n) is 9.97. The Morgan fingerprint density at radius 1 is 1.47 bits per heavy atom. The van der Waals surface area contributed by atoms with Crippen LogP contribution in [0.2, 0.25) is 0 Å². The Bertz CT molecular complexity index is 400. The molecule has 1 amide bonds. The molecule has 0 radical (unpaired) electrons. The van der Waals surface area contributed by atoms with Crippen molar-refractivity contribution in [2.24, 2.45) is 5.73 Å². The van der Waals surface area contributed by atoms with Crippen molar-refractivity contribution in [1.82, 2.24) is 0 Å². The fourth-order valence-corrected chi connectivity index (χ4v) is 2.32. The number of carbonyl (C=O) groups is 1. The van der Waals surface area contributed by atoms with Crippen molar-refractivity contribution >= 4 is 11.6 Å². The molecule has 17 heavy (non-hydrogen) atoms. The van der Waals surface area contributed by atoms with Gasteiger partial charge >= 0.3 is 0 Å². The summed E-state index contributed by atoms with van der Waals surface area (Å²) in [5.74, 6) is -0.262. The Morgan fingerprint density at radius 3 is 2.65 bits per heavy atom. The number of anilines is 1. The van der Waals surface area contributed by atoms with Crippen LogP contribution in [0.5, 0.6) is 0 Å². The number of carbonyl (C=O) groups excluding carboxylic acids is 1. The van der Waals surface area contributed by atoms with E-state index in [0.29, 0.717) is 0 Å². The van der Waals surface area contributed by atoms with E-state index in [9.17, 15) is 9.90 Å². The molecule has 1 aliphatic heterocycles. The normalized spacial score (nSPS) is 21.5. The zero-order valence-corrected chi connectivity index (χ0v) is 9.97. The van der Waals surface area contributed by atoms with E-state index in [0.717, 1.165) is 30.6 Å². The van der Waals surface area contributed by atoms with E-state index >= 15 is 0 Å². The smallest absolute Gasteiger partial charge is 0.240 e. The summed E-state index contributed by atoms with van der Waals surface area (Å²) >= 11 is 0. The van der Waals surface area contributed by atoms with Crippen LogP contribution in [0.4, 0.5) is 5.69 Å². The molecule has 1 heterocycles. The highest BCUT2D eigenvalue weighted by Crippen LogP contribution is 2.26. The van der Waals surface area contributed by atoms with Crippen LogP contribution in [0.25, 0.3) is 0 Å². The molecule has 1 aliphatic rings. The first-order chi connectivity index (χ1) is 8.09. The topological polar surface area (TPSA) is 66.6 Å². The van der Waals surface area contributed by atoms with E-state index in [-0.39, 0.29) is 11.9 Å². The second-order valence-electron chi connectivity index (χ2n) is 4.52. The average Bonchev–Trinajstić information content (AvgIpc) is 2.78. The second kappa shape index (κ2) is 4.75. The molecule has 1 aromatic rings. The number of hydrogen-bond acceptors (Lipinski definition) is 3. The molecule has 4 heteroatoms. The fraction of sp³-hybridized carbons (Fsp3) is 0.462. The molecular formula is C13H18N2O2. The lowest BCUT2D eigenvalue weighted by Crippen LogP contribution is -2.40. The van der Waals surface area contributed by atoms with Crippen LogP contribution in [0.15, 0.2) is 24.3 Å². The highest BCUT2D eigenvalue weighted by atomic mass is 16.3. The molecule has 2 atom stereocenters. The number of rotatable bonds is 3. The predicted molar refractivity (Wildman–Crippen MR) is 66.6 cm³/mol. The number of benzene rings is 1. The minimum Gasteiger partial charge on any atom is -0.389 e. The number of amides is 1. The van der Waals surface area contributed by atoms with Crippen LogP contribution >= 0.6 is 0 Å². The van der Waals surface area contributed by atoms with Gasteiger partial charge in [0, 0.05) is 12.2 Å². The van der Waals surface area contributed by atoms with Crippen molar-refractivity contribution in [3.8, 4) is 0 Å². The lowest BCUT2D eigenvalue weighted by Gasteiger charge is -2.24. The summed E-state index contributed by atoms with van der Waals surface area (Å²) in [7, 11) is 0. The maximum Gasteiger partial charge on any atom is 0.240 e. The standard InChI is InChI=1S/C13H18N2O2/c1-9(16)10-4-6-11(7-5-10)15-8-2-3-12(15)13(14)17/h4-7,9,12,16H,2-3,8H2,1H3,(H2,14,17)/t9-,12?/m0/s1. The van der Waals surface area contributed by atoms with Gasteiger partial charge in [0.05, 0.1) is 6.10 Å². The number of aliphatic hydroxyl groups excluding tert-OH is 1. The van der Waals surface area contributed by atoms with Gasteiger partial charge in [-0.1, -0.05) is 12.1 Å². The summed E-state index contributed by atoms with van der Waals surface area (Å²) in [5.41, 5.74) is 7.26. The highest BCUT2D eigenvalue weighted by molar-refractivity contribution is 5.84. The Morgan fingerprint density at radius 2 is 2.12 bits per heavy atom. The number of hydrogen-bond donors (Lipinski definition) is 2. The Balaban J connectivity index is 2.19. The molecule has 1 fully saturated rings. The molecule has 0 aliphatic carbocycles. The Labute approximate surface area is 101 Å². The Hall–Kier alpha value is -1.55. The molecule has 0 aromatic heterocycles. The van der Waals surface area contributed by atoms with Crippen molar-refractivity contribution < 1.29 is 9.90 Å². The van der Waals surface area contributed by atoms with Crippen molar-refractivity contribution in [3.63, 3.8) is 0 Å². The van der Waals surface area contributed by atoms with Gasteiger partial charge in [-0.3, -0.25) is 4.79 Å². The summed E-state index contributed by atoms with van der Waals surface area (Å²) < 4.78 is 0. The van der Waals surface area contributed by atoms with Crippen molar-refractivity contribution in [3.05, 3.63) is 29.8 Å². The van der Waals surface area contributed by atoms with E-state index in [1.54, 1.807) is 6.92 Å². The zero-order chi connectivity index (χ0) is 12.4. The lowest BCUT2D eigenvalue weighted by molar-refractivity contribution is -0.119. The second-order valence-corrected chi connectivity index (χ2v) is 4.52. The van der Waals surface area contributed by atoms with E-state index in [1.807, 2.05) is 29.2 Å². The monoisotopic (exact) mass is 234 g/mol. The molecule has 92 valence electrons. The SMILES string of the molecule is C[C@H](O)c1ccc(N2CCCC2C(N)=O)cc1. The summed E-state index contributed by atoms with van der Waals surface area (Å²) in [6, 6.07) is 7.45. The summed E-state index contributed by atoms with van der Waals surface area (Å²) in [6.45, 7) is 2.60. The molecule has 0 saturated carbocycles. The van der Waals surface area contributed by atoms with Gasteiger partial charge in [-0.2, -0.15) is 0 Å². The van der Waals surface area contributed by atoms with E-state index in [2.05, 4.69) is 0 Å². The van der Waals surface area contributed by atoms with Crippen molar-refractivity contribution in [1.29, 1.82) is 0 Å². The number of primary amides is 1. The number of aliphatic hydroxyl groups is 1. The van der Waals surface area contributed by atoms with Crippen molar-refractivity contribution in [2.45, 2.75) is 31.9 Å². The fourth-order valence-electron chi connectivity index (χ4n) is 2.32. The van der Waals surface area contributed by atoms with Crippen LogP contribution in [0, 0.1) is 0 Å². The quantitative estimate of drug-likeness (QED) is 0.825. The van der Waals surface area contributed by atoms with Gasteiger partial charge in [0.15, 0.2) is 0 Å². The number of nitrogens with zero attached hydrogens (tertiary/aromatic N) is 1. The maximum atomic E-state index is 11.3. The summed E-state index contributed by atoms with van der Waals surface area (Å²) in [5, 5.41) is 9.43. The molecule has 1 saturated heterocycles. The molecule has 1 aromatic carbocycles. The molecule has 0 spiro atoms. The summed E-state index contributed by atoms with van der Waals surface area (Å²) in [4.78, 5) is 13.3. The third-order valence-corrected chi connectivity index (χ3v) is 3.29. The lowest BCUT2D eigenvalue weighted by atomic mass is 10.1. The van der Waals surface area contributed by atoms with E-state index in [1.165, 1.54) is 0 Å².